The van der Waals surface area contributed by atoms with Crippen molar-refractivity contribution in [3.63, 3.8) is 0 Å². The third-order valence-electron chi connectivity index (χ3n) is 2.27. The normalized spacial score (nSPS) is 27.5. The summed E-state index contributed by atoms with van der Waals surface area (Å²) in [5, 5.41) is 29.0. The maximum Gasteiger partial charge on any atom is 0.317 e. The number of carboxylic acid groups (broad SMARTS) is 1. The highest BCUT2D eigenvalue weighted by Gasteiger charge is 2.38. The van der Waals surface area contributed by atoms with Crippen molar-refractivity contribution in [3.8, 4) is 0 Å². The van der Waals surface area contributed by atoms with Gasteiger partial charge in [-0.2, -0.15) is 0 Å². The summed E-state index contributed by atoms with van der Waals surface area (Å²) >= 11 is 6.39. The Kier molecular flexibility index (Phi) is 4.72. The third-order valence-corrected chi connectivity index (χ3v) is 3.48. The predicted octanol–water partition coefficient (Wildman–Crippen LogP) is 0.110. The summed E-state index contributed by atoms with van der Waals surface area (Å²) in [6.07, 6.45) is -2.08. The fourth-order valence-corrected chi connectivity index (χ4v) is 2.80. The molecule has 1 aliphatic rings. The van der Waals surface area contributed by atoms with Crippen LogP contribution in [0.2, 0.25) is 0 Å². The van der Waals surface area contributed by atoms with Gasteiger partial charge < -0.3 is 15.3 Å². The quantitative estimate of drug-likeness (QED) is 0.498. The summed E-state index contributed by atoms with van der Waals surface area (Å²) in [6.45, 7) is -0.394. The van der Waals surface area contributed by atoms with Crippen LogP contribution in [0.1, 0.15) is 0 Å². The lowest BCUT2D eigenvalue weighted by atomic mass is 10.2. The second-order valence-corrected chi connectivity index (χ2v) is 4.25. The summed E-state index contributed by atoms with van der Waals surface area (Å²) in [5.74, 6) is -1.09. The molecule has 1 rings (SSSR count). The van der Waals surface area contributed by atoms with Crippen molar-refractivity contribution >= 4 is 37.8 Å². The first-order valence-corrected chi connectivity index (χ1v) is 6.44. The van der Waals surface area contributed by atoms with E-state index in [2.05, 4.69) is 31.9 Å². The van der Waals surface area contributed by atoms with Gasteiger partial charge in [0.1, 0.15) is 19.0 Å². The van der Waals surface area contributed by atoms with Crippen LogP contribution in [-0.4, -0.2) is 55.8 Å². The average molecular weight is 345 g/mol. The van der Waals surface area contributed by atoms with Gasteiger partial charge in [0, 0.05) is 10.7 Å². The van der Waals surface area contributed by atoms with Crippen LogP contribution in [0.15, 0.2) is 11.1 Å². The highest BCUT2D eigenvalue weighted by Crippen LogP contribution is 2.29. The zero-order chi connectivity index (χ0) is 11.6. The molecule has 0 radical (unpaired) electrons. The van der Waals surface area contributed by atoms with Gasteiger partial charge in [-0.25, -0.2) is 4.90 Å². The summed E-state index contributed by atoms with van der Waals surface area (Å²) in [6, 6.07) is 0. The van der Waals surface area contributed by atoms with E-state index in [-0.39, 0.29) is 0 Å². The van der Waals surface area contributed by atoms with Crippen molar-refractivity contribution < 1.29 is 20.1 Å². The first-order chi connectivity index (χ1) is 7.02. The van der Waals surface area contributed by atoms with Crippen molar-refractivity contribution in [2.24, 2.45) is 0 Å². The molecular formula is C8H11Br2NO4. The standard InChI is InChI=1S/C8H11Br2NO4/c9-1-4-5(2-10)8(15)11(7(4)14)3-6(12)13/h7-8,14-15H,1-3H2,(H,12,13). The predicted molar refractivity (Wildman–Crippen MR) is 61.0 cm³/mol. The van der Waals surface area contributed by atoms with Crippen LogP contribution < -0.4 is 0 Å². The van der Waals surface area contributed by atoms with Crippen molar-refractivity contribution in [2.75, 3.05) is 17.2 Å². The Hall–Kier alpha value is 0.0500. The number of hydrogen-bond donors (Lipinski definition) is 3. The Bertz CT molecular complexity index is 274. The molecule has 86 valence electrons. The van der Waals surface area contributed by atoms with Gasteiger partial charge in [-0.3, -0.25) is 4.79 Å². The van der Waals surface area contributed by atoms with Crippen LogP contribution in [0.3, 0.4) is 0 Å². The van der Waals surface area contributed by atoms with E-state index in [0.717, 1.165) is 4.90 Å². The van der Waals surface area contributed by atoms with Crippen molar-refractivity contribution in [1.82, 2.24) is 4.90 Å². The number of hydrogen-bond acceptors (Lipinski definition) is 4. The van der Waals surface area contributed by atoms with E-state index in [1.54, 1.807) is 0 Å². The molecule has 0 aromatic heterocycles. The minimum absolute atomic E-state index is 0.394. The molecule has 2 unspecified atom stereocenters. The van der Waals surface area contributed by atoms with E-state index >= 15 is 0 Å². The summed E-state index contributed by atoms with van der Waals surface area (Å²) in [7, 11) is 0. The van der Waals surface area contributed by atoms with E-state index in [4.69, 9.17) is 5.11 Å². The Labute approximate surface area is 104 Å². The van der Waals surface area contributed by atoms with Gasteiger partial charge in [0.2, 0.25) is 0 Å². The van der Waals surface area contributed by atoms with Crippen LogP contribution >= 0.6 is 31.9 Å². The molecule has 0 saturated heterocycles. The van der Waals surface area contributed by atoms with Crippen molar-refractivity contribution in [2.45, 2.75) is 12.5 Å². The number of aliphatic carboxylic acids is 1. The lowest BCUT2D eigenvalue weighted by Gasteiger charge is -2.23. The summed E-state index contributed by atoms with van der Waals surface area (Å²) in [4.78, 5) is 11.7. The largest absolute Gasteiger partial charge is 0.480 e. The fourth-order valence-electron chi connectivity index (χ4n) is 1.50. The van der Waals surface area contributed by atoms with E-state index in [1.807, 2.05) is 0 Å². The van der Waals surface area contributed by atoms with Crippen LogP contribution in [0.5, 0.6) is 0 Å². The fraction of sp³-hybridized carbons (Fsp3) is 0.625. The smallest absolute Gasteiger partial charge is 0.317 e. The second kappa shape index (κ2) is 5.40. The molecule has 3 N–H and O–H groups in total. The van der Waals surface area contributed by atoms with Crippen LogP contribution in [0.4, 0.5) is 0 Å². The molecule has 5 nitrogen and oxygen atoms in total. The molecule has 2 atom stereocenters. The van der Waals surface area contributed by atoms with Gasteiger partial charge in [-0.05, 0) is 11.1 Å². The number of carbonyl (C=O) groups is 1. The maximum atomic E-state index is 10.5. The third kappa shape index (κ3) is 2.59. The molecule has 0 fully saturated rings. The van der Waals surface area contributed by atoms with Gasteiger partial charge >= 0.3 is 5.97 Å². The van der Waals surface area contributed by atoms with Crippen molar-refractivity contribution in [3.05, 3.63) is 11.1 Å². The number of halogens is 2. The molecule has 0 aliphatic carbocycles. The summed E-state index contributed by atoms with van der Waals surface area (Å²) < 4.78 is 0. The molecule has 0 bridgehead atoms. The topological polar surface area (TPSA) is 81.0 Å². The lowest BCUT2D eigenvalue weighted by Crippen LogP contribution is -2.42. The van der Waals surface area contributed by atoms with Gasteiger partial charge in [0.25, 0.3) is 0 Å². The zero-order valence-electron chi connectivity index (χ0n) is 7.73. The Morgan fingerprint density at radius 2 is 1.60 bits per heavy atom. The molecule has 0 saturated carbocycles. The SMILES string of the molecule is O=C(O)CN1C(O)C(CBr)=C(CBr)C1O. The minimum Gasteiger partial charge on any atom is -0.480 e. The summed E-state index contributed by atoms with van der Waals surface area (Å²) in [5.41, 5.74) is 1.22. The van der Waals surface area contributed by atoms with Gasteiger partial charge in [0.15, 0.2) is 0 Å². The number of carboxylic acids is 1. The number of nitrogens with zero attached hydrogens (tertiary/aromatic N) is 1. The molecule has 0 aromatic rings. The van der Waals surface area contributed by atoms with E-state index < -0.39 is 25.0 Å². The first kappa shape index (κ1) is 13.1. The number of alkyl halides is 2. The van der Waals surface area contributed by atoms with Gasteiger partial charge in [-0.15, -0.1) is 0 Å². The van der Waals surface area contributed by atoms with Crippen molar-refractivity contribution in [1.29, 1.82) is 0 Å². The van der Waals surface area contributed by atoms with E-state index in [9.17, 15) is 15.0 Å². The van der Waals surface area contributed by atoms with Crippen LogP contribution in [-0.2, 0) is 4.79 Å². The lowest BCUT2D eigenvalue weighted by molar-refractivity contribution is -0.144. The number of rotatable bonds is 4. The molecular weight excluding hydrogens is 334 g/mol. The Balaban J connectivity index is 2.88. The average Bonchev–Trinajstić information content (AvgIpc) is 2.40. The zero-order valence-corrected chi connectivity index (χ0v) is 10.9. The second-order valence-electron chi connectivity index (χ2n) is 3.13. The first-order valence-electron chi connectivity index (χ1n) is 4.20. The van der Waals surface area contributed by atoms with E-state index in [1.165, 1.54) is 0 Å². The van der Waals surface area contributed by atoms with E-state index in [0.29, 0.717) is 21.8 Å². The van der Waals surface area contributed by atoms with Crippen LogP contribution in [0, 0.1) is 0 Å². The highest BCUT2D eigenvalue weighted by atomic mass is 79.9. The number of aliphatic hydroxyl groups excluding tert-OH is 2. The Morgan fingerprint density at radius 1 is 1.20 bits per heavy atom. The van der Waals surface area contributed by atoms with Gasteiger partial charge in [-0.1, -0.05) is 31.9 Å². The molecule has 1 aliphatic heterocycles. The van der Waals surface area contributed by atoms with Gasteiger partial charge in [0.05, 0.1) is 0 Å². The molecule has 0 spiro atoms. The molecule has 0 amide bonds. The highest BCUT2D eigenvalue weighted by molar-refractivity contribution is 9.09. The molecule has 1 heterocycles. The monoisotopic (exact) mass is 343 g/mol. The molecule has 7 heteroatoms. The maximum absolute atomic E-state index is 10.5. The molecule has 0 aromatic carbocycles. The van der Waals surface area contributed by atoms with Crippen LogP contribution in [0.25, 0.3) is 0 Å². The number of aliphatic hydroxyl groups is 2. The molecule has 15 heavy (non-hydrogen) atoms. The minimum atomic E-state index is -1.09. The Morgan fingerprint density at radius 3 is 1.87 bits per heavy atom.